The molecule has 0 aliphatic carbocycles. The van der Waals surface area contributed by atoms with Crippen LogP contribution in [0.5, 0.6) is 0 Å². The van der Waals surface area contributed by atoms with Gasteiger partial charge in [-0.3, -0.25) is 4.79 Å². The zero-order valence-electron chi connectivity index (χ0n) is 10.5. The summed E-state index contributed by atoms with van der Waals surface area (Å²) in [6.45, 7) is 1.31. The first-order valence-electron chi connectivity index (χ1n) is 5.57. The molecule has 0 unspecified atom stereocenters. The molecule has 0 aromatic carbocycles. The number of hydrogen-bond donors (Lipinski definition) is 2. The van der Waals surface area contributed by atoms with Gasteiger partial charge < -0.3 is 16.0 Å². The second-order valence-electron chi connectivity index (χ2n) is 3.93. The Hall–Kier alpha value is -1.51. The second kappa shape index (κ2) is 6.09. The van der Waals surface area contributed by atoms with Gasteiger partial charge in [0.2, 0.25) is 0 Å². The molecule has 1 aromatic heterocycles. The predicted molar refractivity (Wildman–Crippen MR) is 68.5 cm³/mol. The van der Waals surface area contributed by atoms with E-state index in [9.17, 15) is 18.0 Å². The summed E-state index contributed by atoms with van der Waals surface area (Å²) in [5, 5.41) is 2.28. The van der Waals surface area contributed by atoms with E-state index in [1.54, 1.807) is 17.3 Å². The van der Waals surface area contributed by atoms with Gasteiger partial charge in [0.05, 0.1) is 0 Å². The smallest absolute Gasteiger partial charge is 0.382 e. The summed E-state index contributed by atoms with van der Waals surface area (Å²) in [5.41, 5.74) is 5.55. The van der Waals surface area contributed by atoms with Gasteiger partial charge in [0.15, 0.2) is 5.13 Å². The number of amides is 1. The van der Waals surface area contributed by atoms with Crippen LogP contribution >= 0.6 is 11.3 Å². The average molecular weight is 296 g/mol. The van der Waals surface area contributed by atoms with Crippen molar-refractivity contribution in [2.45, 2.75) is 19.5 Å². The zero-order chi connectivity index (χ0) is 14.6. The molecule has 1 rings (SSSR count). The number of thiazole rings is 1. The van der Waals surface area contributed by atoms with Gasteiger partial charge in [-0.2, -0.15) is 13.2 Å². The fourth-order valence-electron chi connectivity index (χ4n) is 1.34. The number of halogens is 3. The van der Waals surface area contributed by atoms with Crippen molar-refractivity contribution in [1.82, 2.24) is 10.3 Å². The Morgan fingerprint density at radius 1 is 1.53 bits per heavy atom. The Bertz CT molecular complexity index is 446. The van der Waals surface area contributed by atoms with Crippen LogP contribution in [0.2, 0.25) is 0 Å². The van der Waals surface area contributed by atoms with E-state index in [0.29, 0.717) is 5.13 Å². The second-order valence-corrected chi connectivity index (χ2v) is 4.91. The molecule has 9 heteroatoms. The third-order valence-electron chi connectivity index (χ3n) is 2.18. The minimum absolute atomic E-state index is 0.00204. The number of hydrogen-bond acceptors (Lipinski definition) is 5. The summed E-state index contributed by atoms with van der Waals surface area (Å²) in [6, 6.07) is 0. The molecule has 108 valence electrons. The molecule has 0 saturated heterocycles. The number of anilines is 2. The third-order valence-corrected chi connectivity index (χ3v) is 3.37. The van der Waals surface area contributed by atoms with Crippen LogP contribution in [0.25, 0.3) is 0 Å². The summed E-state index contributed by atoms with van der Waals surface area (Å²) in [7, 11) is 1.78. The number of nitrogens with zero attached hydrogens (tertiary/aromatic N) is 2. The quantitative estimate of drug-likeness (QED) is 0.870. The molecule has 1 heterocycles. The SMILES string of the molecule is CCCN(C)c1nc(N)c(C(=O)NCC(F)(F)F)s1. The first-order valence-corrected chi connectivity index (χ1v) is 6.38. The van der Waals surface area contributed by atoms with E-state index in [4.69, 9.17) is 5.73 Å². The lowest BCUT2D eigenvalue weighted by Gasteiger charge is -2.13. The molecule has 0 bridgehead atoms. The van der Waals surface area contributed by atoms with Gasteiger partial charge in [-0.05, 0) is 6.42 Å². The van der Waals surface area contributed by atoms with E-state index < -0.39 is 18.6 Å². The summed E-state index contributed by atoms with van der Waals surface area (Å²) in [5.74, 6) is -0.911. The number of nitrogen functional groups attached to an aromatic ring is 1. The van der Waals surface area contributed by atoms with Crippen LogP contribution in [0.4, 0.5) is 24.1 Å². The third kappa shape index (κ3) is 4.58. The van der Waals surface area contributed by atoms with E-state index in [1.807, 2.05) is 6.92 Å². The van der Waals surface area contributed by atoms with E-state index in [-0.39, 0.29) is 10.7 Å². The minimum Gasteiger partial charge on any atom is -0.382 e. The van der Waals surface area contributed by atoms with Crippen molar-refractivity contribution in [3.63, 3.8) is 0 Å². The van der Waals surface area contributed by atoms with Crippen molar-refractivity contribution in [2.75, 3.05) is 30.8 Å². The maximum Gasteiger partial charge on any atom is 0.405 e. The van der Waals surface area contributed by atoms with E-state index >= 15 is 0 Å². The molecule has 1 aromatic rings. The normalized spacial score (nSPS) is 11.4. The summed E-state index contributed by atoms with van der Waals surface area (Å²) < 4.78 is 36.0. The predicted octanol–water partition coefficient (Wildman–Crippen LogP) is 1.86. The minimum atomic E-state index is -4.45. The monoisotopic (exact) mass is 296 g/mol. The molecule has 0 aliphatic heterocycles. The van der Waals surface area contributed by atoms with Crippen molar-refractivity contribution in [3.05, 3.63) is 4.88 Å². The van der Waals surface area contributed by atoms with Gasteiger partial charge in [-0.1, -0.05) is 18.3 Å². The van der Waals surface area contributed by atoms with Crippen LogP contribution in [-0.4, -0.2) is 37.2 Å². The number of nitrogens with one attached hydrogen (secondary N) is 1. The lowest BCUT2D eigenvalue weighted by Crippen LogP contribution is -2.33. The molecule has 5 nitrogen and oxygen atoms in total. The maximum absolute atomic E-state index is 12.0. The number of alkyl halides is 3. The highest BCUT2D eigenvalue weighted by atomic mass is 32.1. The number of carbonyl (C=O) groups excluding carboxylic acids is 1. The number of carbonyl (C=O) groups is 1. The fraction of sp³-hybridized carbons (Fsp3) is 0.600. The molecule has 19 heavy (non-hydrogen) atoms. The van der Waals surface area contributed by atoms with Crippen LogP contribution < -0.4 is 16.0 Å². The highest BCUT2D eigenvalue weighted by molar-refractivity contribution is 7.18. The average Bonchev–Trinajstić information content (AvgIpc) is 2.68. The Morgan fingerprint density at radius 2 is 2.16 bits per heavy atom. The molecule has 1 amide bonds. The topological polar surface area (TPSA) is 71.2 Å². The van der Waals surface area contributed by atoms with Gasteiger partial charge in [-0.15, -0.1) is 0 Å². The highest BCUT2D eigenvalue weighted by Gasteiger charge is 2.29. The van der Waals surface area contributed by atoms with Crippen LogP contribution in [-0.2, 0) is 0 Å². The molecule has 0 saturated carbocycles. The number of aromatic nitrogens is 1. The lowest BCUT2D eigenvalue weighted by atomic mass is 10.4. The summed E-state index contributed by atoms with van der Waals surface area (Å²) >= 11 is 0.977. The van der Waals surface area contributed by atoms with Crippen molar-refractivity contribution in [1.29, 1.82) is 0 Å². The van der Waals surface area contributed by atoms with Crippen LogP contribution in [0.3, 0.4) is 0 Å². The van der Waals surface area contributed by atoms with E-state index in [1.165, 1.54) is 0 Å². The number of rotatable bonds is 5. The van der Waals surface area contributed by atoms with Crippen molar-refractivity contribution >= 4 is 28.2 Å². The Morgan fingerprint density at radius 3 is 2.68 bits per heavy atom. The van der Waals surface area contributed by atoms with Crippen molar-refractivity contribution in [3.8, 4) is 0 Å². The lowest BCUT2D eigenvalue weighted by molar-refractivity contribution is -0.123. The molecule has 0 aliphatic rings. The molecule has 0 spiro atoms. The highest BCUT2D eigenvalue weighted by Crippen LogP contribution is 2.27. The summed E-state index contributed by atoms with van der Waals surface area (Å²) in [6.07, 6.45) is -3.57. The standard InChI is InChI=1S/C10H15F3N4OS/c1-3-4-17(2)9-16-7(14)6(19-9)8(18)15-5-10(11,12)13/h3-5,14H2,1-2H3,(H,15,18). The number of nitrogens with two attached hydrogens (primary N) is 1. The molecule has 0 fully saturated rings. The van der Waals surface area contributed by atoms with Gasteiger partial charge >= 0.3 is 6.18 Å². The summed E-state index contributed by atoms with van der Waals surface area (Å²) in [4.78, 5) is 17.3. The van der Waals surface area contributed by atoms with Crippen molar-refractivity contribution < 1.29 is 18.0 Å². The molecular weight excluding hydrogens is 281 g/mol. The fourth-order valence-corrected chi connectivity index (χ4v) is 2.23. The Kier molecular flexibility index (Phi) is 4.98. The van der Waals surface area contributed by atoms with Crippen LogP contribution in [0.1, 0.15) is 23.0 Å². The molecule has 0 radical (unpaired) electrons. The van der Waals surface area contributed by atoms with Crippen LogP contribution in [0, 0.1) is 0 Å². The van der Waals surface area contributed by atoms with Gasteiger partial charge in [-0.25, -0.2) is 4.98 Å². The van der Waals surface area contributed by atoms with Gasteiger partial charge in [0.25, 0.3) is 5.91 Å². The molecule has 3 N–H and O–H groups in total. The van der Waals surface area contributed by atoms with Crippen LogP contribution in [0.15, 0.2) is 0 Å². The Balaban J connectivity index is 2.75. The molecule has 0 atom stereocenters. The first kappa shape index (κ1) is 15.5. The molecular formula is C10H15F3N4OS. The largest absolute Gasteiger partial charge is 0.405 e. The Labute approximate surface area is 112 Å². The van der Waals surface area contributed by atoms with Gasteiger partial charge in [0, 0.05) is 13.6 Å². The zero-order valence-corrected chi connectivity index (χ0v) is 11.4. The van der Waals surface area contributed by atoms with Gasteiger partial charge in [0.1, 0.15) is 17.2 Å². The van der Waals surface area contributed by atoms with Crippen molar-refractivity contribution in [2.24, 2.45) is 0 Å². The maximum atomic E-state index is 12.0. The van der Waals surface area contributed by atoms with E-state index in [2.05, 4.69) is 4.98 Å². The first-order chi connectivity index (χ1) is 8.74. The van der Waals surface area contributed by atoms with E-state index in [0.717, 1.165) is 24.3 Å².